The lowest BCUT2D eigenvalue weighted by Gasteiger charge is -2.15. The van der Waals surface area contributed by atoms with Crippen molar-refractivity contribution in [3.8, 4) is 67.5 Å². The number of hydrogen-bond donors (Lipinski definition) is 0. The van der Waals surface area contributed by atoms with E-state index >= 15 is 0 Å². The van der Waals surface area contributed by atoms with Gasteiger partial charge in [0.15, 0.2) is 58.3 Å². The van der Waals surface area contributed by atoms with Crippen molar-refractivity contribution in [2.24, 2.45) is 63.4 Å². The summed E-state index contributed by atoms with van der Waals surface area (Å²) in [6, 6.07) is 29.0. The fraction of sp³-hybridized carbons (Fsp3) is 0.263. The molecule has 9 rings (SSSR count). The van der Waals surface area contributed by atoms with Crippen LogP contribution in [0.5, 0.6) is 0 Å². The molecule has 0 aliphatic carbocycles. The van der Waals surface area contributed by atoms with Gasteiger partial charge in [-0.15, -0.1) is 14.0 Å². The van der Waals surface area contributed by atoms with Crippen LogP contribution in [0.4, 0.5) is 22.0 Å². The summed E-state index contributed by atoms with van der Waals surface area (Å²) >= 11 is 0. The highest BCUT2D eigenvalue weighted by Gasteiger charge is 2.34. The third-order valence-electron chi connectivity index (χ3n) is 13.7. The summed E-state index contributed by atoms with van der Waals surface area (Å²) in [5, 5.41) is 0. The summed E-state index contributed by atoms with van der Waals surface area (Å²) in [6.07, 6.45) is 7.17. The zero-order chi connectivity index (χ0) is 51.8. The summed E-state index contributed by atoms with van der Waals surface area (Å²) < 4.78 is 87.0. The van der Waals surface area contributed by atoms with Crippen LogP contribution in [0.2, 0.25) is 0 Å². The first-order valence-corrected chi connectivity index (χ1v) is 23.3. The van der Waals surface area contributed by atoms with Crippen molar-refractivity contribution in [1.82, 2.24) is 14.0 Å². The summed E-state index contributed by atoms with van der Waals surface area (Å²) in [5.74, 6) is -1.10. The van der Waals surface area contributed by atoms with E-state index in [0.29, 0.717) is 39.2 Å². The normalized spacial score (nSPS) is 11.3. The van der Waals surface area contributed by atoms with Crippen LogP contribution >= 0.6 is 0 Å². The maximum atomic E-state index is 14.5. The lowest BCUT2D eigenvalue weighted by atomic mass is 9.90. The van der Waals surface area contributed by atoms with E-state index in [1.807, 2.05) is 150 Å². The van der Waals surface area contributed by atoms with E-state index in [1.54, 1.807) is 6.92 Å². The topological polar surface area (TPSA) is 38.1 Å². The minimum atomic E-state index is -4.40. The predicted molar refractivity (Wildman–Crippen MR) is 265 cm³/mol. The van der Waals surface area contributed by atoms with Gasteiger partial charge in [0.05, 0.1) is 43.4 Å². The first kappa shape index (κ1) is 51.2. The summed E-state index contributed by atoms with van der Waals surface area (Å²) in [6.45, 7) is 10.3. The summed E-state index contributed by atoms with van der Waals surface area (Å²) in [7, 11) is 17.4. The standard InChI is InChI=1S/C20H25N3.C19H20F3N3.C18H19F2N3/c1-14-13-15(2)20(18-10-12-22(5)23(18)6)16(3)19(14)17-9-7-8-11-21(17)4;1-13-15(17-7-5-6-9-23(17)2)11-14(19(20,21)22)12-16(13)18-8-10-24(3)25(18)4;1-12-17(15-7-5-6-9-21(15)2)13(19)11-14(20)18(12)16-8-10-22(3)23(16)4/h7-13H,1-6H3;5-12H,1-4H3;5-11H,1-4H3/q3*+2. The van der Waals surface area contributed by atoms with Gasteiger partial charge in [-0.05, 0) is 92.8 Å². The van der Waals surface area contributed by atoms with Gasteiger partial charge in [0, 0.05) is 77.4 Å². The largest absolute Gasteiger partial charge is 0.416 e. The van der Waals surface area contributed by atoms with Crippen molar-refractivity contribution in [2.75, 3.05) is 0 Å². The molecule has 3 aromatic carbocycles. The van der Waals surface area contributed by atoms with Crippen LogP contribution in [0.3, 0.4) is 0 Å². The van der Waals surface area contributed by atoms with Crippen LogP contribution in [0.1, 0.15) is 33.4 Å². The molecule has 71 heavy (non-hydrogen) atoms. The first-order chi connectivity index (χ1) is 33.5. The number of alkyl halides is 3. The third kappa shape index (κ3) is 10.1. The molecule has 0 atom stereocenters. The van der Waals surface area contributed by atoms with E-state index in [9.17, 15) is 22.0 Å². The molecule has 9 aromatic rings. The van der Waals surface area contributed by atoms with Gasteiger partial charge in [0.25, 0.3) is 0 Å². The molecule has 0 bridgehead atoms. The predicted octanol–water partition coefficient (Wildman–Crippen LogP) is 8.86. The minimum Gasteiger partial charge on any atom is -0.206 e. The van der Waals surface area contributed by atoms with Crippen LogP contribution in [0, 0.1) is 46.3 Å². The molecule has 0 saturated carbocycles. The number of hydrogen-bond acceptors (Lipinski definition) is 0. The SMILES string of the molecule is Cc1c(-c2cc[n+](C)n2C)c(F)cc(F)c1-c1cccc[n+]1C.Cc1c(-c2cc[n+](C)n2C)cc(C(F)(F)F)cc1-c1cccc[n+]1C.Cc1cc(C)c(-c2cccc[n+]2C)c(C)c1-c1cc[n+](C)n1C. The minimum absolute atomic E-state index is 0.424. The number of pyridine rings is 3. The molecule has 6 heterocycles. The molecule has 0 fully saturated rings. The molecule has 0 N–H and O–H groups in total. The number of aryl methyl sites for hydroxylation is 8. The Morgan fingerprint density at radius 3 is 1.24 bits per heavy atom. The smallest absolute Gasteiger partial charge is 0.206 e. The number of rotatable bonds is 6. The van der Waals surface area contributed by atoms with Crippen molar-refractivity contribution >= 4 is 0 Å². The Balaban J connectivity index is 0.000000157. The number of halogens is 5. The van der Waals surface area contributed by atoms with E-state index in [-0.39, 0.29) is 0 Å². The molecular formula is C57H64F5N9+6. The average Bonchev–Trinajstić information content (AvgIpc) is 3.95. The number of aromatic nitrogens is 9. The molecule has 14 heteroatoms. The number of benzene rings is 3. The molecule has 0 unspecified atom stereocenters. The molecule has 6 aromatic heterocycles. The van der Waals surface area contributed by atoms with Gasteiger partial charge in [-0.2, -0.15) is 27.2 Å². The highest BCUT2D eigenvalue weighted by atomic mass is 19.4. The van der Waals surface area contributed by atoms with Crippen LogP contribution in [0.25, 0.3) is 67.5 Å². The molecule has 0 radical (unpaired) electrons. The Bertz CT molecular complexity index is 3300. The third-order valence-corrected chi connectivity index (χ3v) is 13.7. The maximum Gasteiger partial charge on any atom is 0.416 e. The Hall–Kier alpha value is -7.61. The second kappa shape index (κ2) is 20.4. The van der Waals surface area contributed by atoms with E-state index < -0.39 is 23.4 Å². The van der Waals surface area contributed by atoms with Crippen molar-refractivity contribution in [3.05, 3.63) is 179 Å². The van der Waals surface area contributed by atoms with Crippen LogP contribution < -0.4 is 27.7 Å². The van der Waals surface area contributed by atoms with Gasteiger partial charge >= 0.3 is 6.18 Å². The zero-order valence-corrected chi connectivity index (χ0v) is 43.1. The van der Waals surface area contributed by atoms with E-state index in [4.69, 9.17) is 0 Å². The second-order valence-corrected chi connectivity index (χ2v) is 18.3. The average molecular weight is 970 g/mol. The van der Waals surface area contributed by atoms with Crippen LogP contribution in [-0.4, -0.2) is 14.0 Å². The molecule has 0 amide bonds. The van der Waals surface area contributed by atoms with Gasteiger partial charge in [-0.25, -0.2) is 22.5 Å². The fourth-order valence-corrected chi connectivity index (χ4v) is 9.54. The Morgan fingerprint density at radius 1 is 0.394 bits per heavy atom. The quantitative estimate of drug-likeness (QED) is 0.118. The molecule has 0 saturated heterocycles. The van der Waals surface area contributed by atoms with Gasteiger partial charge in [-0.3, -0.25) is 0 Å². The van der Waals surface area contributed by atoms with Gasteiger partial charge < -0.3 is 0 Å². The summed E-state index contributed by atoms with van der Waals surface area (Å²) in [4.78, 5) is 0. The van der Waals surface area contributed by atoms with Gasteiger partial charge in [-0.1, -0.05) is 6.07 Å². The highest BCUT2D eigenvalue weighted by molar-refractivity contribution is 5.80. The van der Waals surface area contributed by atoms with Gasteiger partial charge in [0.1, 0.15) is 49.9 Å². The highest BCUT2D eigenvalue weighted by Crippen LogP contribution is 2.39. The molecule has 0 spiro atoms. The van der Waals surface area contributed by atoms with E-state index in [2.05, 4.69) is 98.6 Å². The van der Waals surface area contributed by atoms with Gasteiger partial charge in [0.2, 0.25) is 17.1 Å². The zero-order valence-electron chi connectivity index (χ0n) is 43.1. The molecule has 0 aliphatic rings. The van der Waals surface area contributed by atoms with Crippen molar-refractivity contribution in [1.29, 1.82) is 0 Å². The Morgan fingerprint density at radius 2 is 0.789 bits per heavy atom. The van der Waals surface area contributed by atoms with Crippen LogP contribution in [0.15, 0.2) is 134 Å². The van der Waals surface area contributed by atoms with Crippen LogP contribution in [-0.2, 0) is 69.6 Å². The summed E-state index contributed by atoms with van der Waals surface area (Å²) in [5.41, 5.74) is 14.8. The lowest BCUT2D eigenvalue weighted by Crippen LogP contribution is -2.36. The first-order valence-electron chi connectivity index (χ1n) is 23.3. The second-order valence-electron chi connectivity index (χ2n) is 18.3. The van der Waals surface area contributed by atoms with E-state index in [0.717, 1.165) is 23.0 Å². The Labute approximate surface area is 413 Å². The van der Waals surface area contributed by atoms with Crippen molar-refractivity contribution in [2.45, 2.75) is 40.8 Å². The van der Waals surface area contributed by atoms with E-state index in [1.165, 1.54) is 51.3 Å². The molecule has 0 aliphatic heterocycles. The monoisotopic (exact) mass is 970 g/mol. The maximum absolute atomic E-state index is 14.5. The number of nitrogens with zero attached hydrogens (tertiary/aromatic N) is 9. The fourth-order valence-electron chi connectivity index (χ4n) is 9.54. The molecule has 366 valence electrons. The lowest BCUT2D eigenvalue weighted by molar-refractivity contribution is -0.750. The molecule has 9 nitrogen and oxygen atoms in total. The Kier molecular flexibility index (Phi) is 14.7. The molecular weight excluding hydrogens is 906 g/mol. The van der Waals surface area contributed by atoms with Crippen molar-refractivity contribution in [3.63, 3.8) is 0 Å². The van der Waals surface area contributed by atoms with Crippen molar-refractivity contribution < 1.29 is 49.7 Å².